The van der Waals surface area contributed by atoms with Crippen LogP contribution in [0.1, 0.15) is 76.3 Å². The van der Waals surface area contributed by atoms with Crippen molar-refractivity contribution in [2.75, 3.05) is 112 Å². The molecule has 2 aliphatic rings. The Labute approximate surface area is 451 Å². The van der Waals surface area contributed by atoms with Gasteiger partial charge in [0.15, 0.2) is 0 Å². The minimum absolute atomic E-state index is 0.00473. The number of anilines is 2. The van der Waals surface area contributed by atoms with E-state index in [0.717, 1.165) is 3.51 Å². The third-order valence-electron chi connectivity index (χ3n) is 12.3. The fourth-order valence-corrected chi connectivity index (χ4v) is 13.8. The normalized spacial score (nSPS) is 19.0. The van der Waals surface area contributed by atoms with Gasteiger partial charge in [0.2, 0.25) is 0 Å². The molecule has 0 aliphatic carbocycles. The van der Waals surface area contributed by atoms with Crippen molar-refractivity contribution in [1.29, 1.82) is 0 Å². The van der Waals surface area contributed by atoms with Gasteiger partial charge in [0.1, 0.15) is 10.1 Å². The molecule has 2 aliphatic heterocycles. The van der Waals surface area contributed by atoms with E-state index < -0.39 is 94.7 Å². The minimum Gasteiger partial charge on any atom is -0.748 e. The first-order valence-electron chi connectivity index (χ1n) is 24.1. The van der Waals surface area contributed by atoms with E-state index in [2.05, 4.69) is 3.11 Å². The number of benzene rings is 2. The summed E-state index contributed by atoms with van der Waals surface area (Å²) in [4.78, 5) is 12.2. The van der Waals surface area contributed by atoms with Gasteiger partial charge in [-0.15, -0.1) is 0 Å². The SMILES string of the molecule is COCCOCCOCCOCCOCCOCCN1I=C(/C=C/C=C/C=C2/N(CCCCCC(=O)O)c3ccc(S(=O)(=O)[O-])cc3C2(C)CCCS(=O)(=O)[O-])C(C)(CCCS(=O)(=O)O)c2cc(S(=O)(=O)O)ccc21. The lowest BCUT2D eigenvalue weighted by Gasteiger charge is -2.40. The average molecular weight is 1250 g/mol. The highest BCUT2D eigenvalue weighted by Gasteiger charge is 2.43. The predicted molar refractivity (Wildman–Crippen MR) is 287 cm³/mol. The van der Waals surface area contributed by atoms with Crippen LogP contribution >= 0.6 is 21.0 Å². The molecular formula is C48H69IN2O20S4-2. The van der Waals surface area contributed by atoms with Crippen LogP contribution in [0.5, 0.6) is 0 Å². The lowest BCUT2D eigenvalue weighted by molar-refractivity contribution is -0.137. The van der Waals surface area contributed by atoms with Gasteiger partial charge in [-0.2, -0.15) is 16.8 Å². The molecule has 0 bridgehead atoms. The molecule has 22 nitrogen and oxygen atoms in total. The number of hydrogen-bond donors (Lipinski definition) is 3. The maximum Gasteiger partial charge on any atom is 0.303 e. The molecule has 0 saturated carbocycles. The molecule has 2 aromatic carbocycles. The van der Waals surface area contributed by atoms with Crippen molar-refractivity contribution < 1.29 is 90.2 Å². The number of rotatable bonds is 37. The Kier molecular flexibility index (Phi) is 25.9. The fourth-order valence-electron chi connectivity index (χ4n) is 8.58. The maximum atomic E-state index is 12.5. The highest BCUT2D eigenvalue weighted by Crippen LogP contribution is 2.52. The van der Waals surface area contributed by atoms with Crippen LogP contribution in [0.2, 0.25) is 0 Å². The minimum atomic E-state index is -4.92. The Morgan fingerprint density at radius 2 is 1.17 bits per heavy atom. The summed E-state index contributed by atoms with van der Waals surface area (Å²) in [5, 5.41) is 9.18. The lowest BCUT2D eigenvalue weighted by Crippen LogP contribution is -2.38. The van der Waals surface area contributed by atoms with Crippen molar-refractivity contribution in [2.24, 2.45) is 0 Å². The number of ether oxygens (including phenoxy) is 6. The number of aliphatic carboxylic acids is 1. The maximum absolute atomic E-state index is 12.5. The van der Waals surface area contributed by atoms with Gasteiger partial charge in [-0.3, -0.25) is 13.9 Å². The molecule has 2 aromatic rings. The Bertz CT molecular complexity index is 2790. The summed E-state index contributed by atoms with van der Waals surface area (Å²) in [5.41, 5.74) is 0.592. The zero-order valence-corrected chi connectivity index (χ0v) is 47.7. The molecule has 75 heavy (non-hydrogen) atoms. The number of carboxylic acid groups (broad SMARTS) is 1. The number of hydrogen-bond acceptors (Lipinski definition) is 19. The van der Waals surface area contributed by atoms with E-state index in [4.69, 9.17) is 28.4 Å². The molecule has 0 fully saturated rings. The summed E-state index contributed by atoms with van der Waals surface area (Å²) < 4.78 is 176. The Morgan fingerprint density at radius 1 is 0.640 bits per heavy atom. The van der Waals surface area contributed by atoms with Crippen LogP contribution in [0.25, 0.3) is 0 Å². The Morgan fingerprint density at radius 3 is 1.73 bits per heavy atom. The van der Waals surface area contributed by atoms with Crippen molar-refractivity contribution in [3.8, 4) is 0 Å². The van der Waals surface area contributed by atoms with Gasteiger partial charge in [0.05, 0.1) is 105 Å². The zero-order valence-electron chi connectivity index (χ0n) is 42.3. The van der Waals surface area contributed by atoms with E-state index in [1.54, 1.807) is 44.4 Å². The van der Waals surface area contributed by atoms with E-state index in [-0.39, 0.29) is 56.8 Å². The van der Waals surface area contributed by atoms with E-state index in [9.17, 15) is 61.8 Å². The van der Waals surface area contributed by atoms with Crippen LogP contribution < -0.4 is 8.01 Å². The summed E-state index contributed by atoms with van der Waals surface area (Å²) >= 11 is -1.11. The summed E-state index contributed by atoms with van der Waals surface area (Å²) in [6.45, 7) is 8.51. The van der Waals surface area contributed by atoms with Gasteiger partial charge >= 0.3 is 5.97 Å². The van der Waals surface area contributed by atoms with Gasteiger partial charge in [-0.1, -0.05) is 37.6 Å². The lowest BCUT2D eigenvalue weighted by atomic mass is 9.75. The molecule has 424 valence electrons. The van der Waals surface area contributed by atoms with E-state index >= 15 is 0 Å². The first kappa shape index (κ1) is 64.3. The molecule has 0 aromatic heterocycles. The number of fused-ring (bicyclic) bond motifs is 2. The monoisotopic (exact) mass is 1250 g/mol. The second kappa shape index (κ2) is 30.2. The largest absolute Gasteiger partial charge is 0.748 e. The molecule has 3 N–H and O–H groups in total. The molecule has 0 saturated heterocycles. The van der Waals surface area contributed by atoms with Crippen molar-refractivity contribution >= 4 is 82.3 Å². The third kappa shape index (κ3) is 21.1. The van der Waals surface area contributed by atoms with E-state index in [0.29, 0.717) is 113 Å². The van der Waals surface area contributed by atoms with Crippen LogP contribution in [0, 0.1) is 0 Å². The second-order valence-corrected chi connectivity index (χ2v) is 26.6. The van der Waals surface area contributed by atoms with Crippen LogP contribution in [0.4, 0.5) is 11.4 Å². The van der Waals surface area contributed by atoms with Gasteiger partial charge in [0, 0.05) is 78.2 Å². The number of carboxylic acids is 1. The van der Waals surface area contributed by atoms with Gasteiger partial charge < -0.3 is 50.6 Å². The average Bonchev–Trinajstić information content (AvgIpc) is 3.54. The Hall–Kier alpha value is -3.27. The predicted octanol–water partition coefficient (Wildman–Crippen LogP) is 5.12. The van der Waals surface area contributed by atoms with Gasteiger partial charge in [0.25, 0.3) is 20.2 Å². The summed E-state index contributed by atoms with van der Waals surface area (Å²) in [5.74, 6) is -2.21. The zero-order chi connectivity index (χ0) is 55.3. The number of methoxy groups -OCH3 is 1. The number of carbonyl (C=O) groups is 1. The smallest absolute Gasteiger partial charge is 0.303 e. The first-order chi connectivity index (χ1) is 35.3. The van der Waals surface area contributed by atoms with Crippen LogP contribution in [-0.4, -0.2) is 171 Å². The summed E-state index contributed by atoms with van der Waals surface area (Å²) in [6.07, 6.45) is 10.2. The van der Waals surface area contributed by atoms with Crippen LogP contribution in [0.3, 0.4) is 0 Å². The van der Waals surface area contributed by atoms with Gasteiger partial charge in [-0.25, -0.2) is 16.8 Å². The molecule has 0 radical (unpaired) electrons. The van der Waals surface area contributed by atoms with E-state index in [1.807, 2.05) is 17.9 Å². The number of nitrogens with zero attached hydrogens (tertiary/aromatic N) is 2. The van der Waals surface area contributed by atoms with Crippen LogP contribution in [0.15, 0.2) is 82.3 Å². The fraction of sp³-hybridized carbons (Fsp3) is 0.583. The molecule has 0 spiro atoms. The first-order valence-corrected chi connectivity index (χ1v) is 32.2. The quantitative estimate of drug-likeness (QED) is 0.0260. The standard InChI is InChI=1S/C48H71IN2O20S4/c1-47(19-10-34-72(54,55)56)41-37-39(75(63,64)65)16-18-43(41)51(22-23-67-26-27-69-30-31-71-33-32-70-29-28-68-25-24-66-3)49-44(47)12-6-4-7-13-45-48(2,20-11-35-73(57,58)59)40-36-38(74(60,61)62)15-17-42(40)50(45)21-9-5-8-14-46(52)53/h4,6-7,12-13,15-18,36-37H,5,8-11,14,19-35H2,1-3H3,(H,52,53)(H,54,55,56)(H,57,58,59)(H,60,61,62)(H,63,64,65)/p-2/b7-4+,12-6+,45-13+. The summed E-state index contributed by atoms with van der Waals surface area (Å²) in [7, 11) is -17.0. The van der Waals surface area contributed by atoms with Crippen molar-refractivity contribution in [1.82, 2.24) is 0 Å². The highest BCUT2D eigenvalue weighted by molar-refractivity contribution is 14.2. The van der Waals surface area contributed by atoms with Crippen molar-refractivity contribution in [3.63, 3.8) is 0 Å². The highest BCUT2D eigenvalue weighted by atomic mass is 127. The number of unbranched alkanes of at least 4 members (excludes halogenated alkanes) is 2. The molecule has 27 heteroatoms. The molecule has 2 atom stereocenters. The second-order valence-electron chi connectivity index (χ2n) is 17.9. The number of allylic oxidation sites excluding steroid dienone is 6. The number of halogens is 1. The molecule has 2 heterocycles. The third-order valence-corrected chi connectivity index (χ3v) is 19.3. The molecule has 0 amide bonds. The van der Waals surface area contributed by atoms with Crippen LogP contribution in [-0.2, 0) is 84.5 Å². The topological polar surface area (TPSA) is 322 Å². The van der Waals surface area contributed by atoms with E-state index in [1.165, 1.54) is 30.3 Å². The molecule has 2 unspecified atom stereocenters. The van der Waals surface area contributed by atoms with Crippen molar-refractivity contribution in [3.05, 3.63) is 83.6 Å². The van der Waals surface area contributed by atoms with Gasteiger partial charge in [-0.05, 0) is 99.0 Å². The summed E-state index contributed by atoms with van der Waals surface area (Å²) in [6, 6.07) is 8.18. The molecule has 4 rings (SSSR count). The molecular weight excluding hydrogens is 1180 g/mol. The Balaban J connectivity index is 1.61. The van der Waals surface area contributed by atoms with Crippen molar-refractivity contribution in [2.45, 2.75) is 85.8 Å².